The van der Waals surface area contributed by atoms with Gasteiger partial charge in [-0.1, -0.05) is 19.1 Å². The molecule has 4 heteroatoms. The summed E-state index contributed by atoms with van der Waals surface area (Å²) in [4.78, 5) is 18.5. The van der Waals surface area contributed by atoms with Gasteiger partial charge in [-0.05, 0) is 43.7 Å². The van der Waals surface area contributed by atoms with Crippen LogP contribution in [0.15, 0.2) is 34.8 Å². The van der Waals surface area contributed by atoms with Crippen molar-refractivity contribution in [3.8, 4) is 0 Å². The van der Waals surface area contributed by atoms with Gasteiger partial charge in [0.05, 0.1) is 0 Å². The molecule has 0 radical (unpaired) electrons. The van der Waals surface area contributed by atoms with Crippen molar-refractivity contribution in [1.82, 2.24) is 9.88 Å². The minimum absolute atomic E-state index is 0.0156. The number of benzene rings is 1. The van der Waals surface area contributed by atoms with E-state index in [1.54, 1.807) is 12.2 Å². The van der Waals surface area contributed by atoms with Crippen LogP contribution in [0, 0.1) is 5.92 Å². The van der Waals surface area contributed by atoms with E-state index in [9.17, 15) is 4.79 Å². The van der Waals surface area contributed by atoms with Gasteiger partial charge in [0.1, 0.15) is 5.52 Å². The van der Waals surface area contributed by atoms with Crippen LogP contribution in [-0.4, -0.2) is 28.9 Å². The molecule has 0 saturated heterocycles. The smallest absolute Gasteiger partial charge is 0.246 e. The van der Waals surface area contributed by atoms with Crippen molar-refractivity contribution < 1.29 is 9.21 Å². The number of amides is 1. The largest absolute Gasteiger partial charge is 0.437 e. The van der Waals surface area contributed by atoms with Gasteiger partial charge in [-0.2, -0.15) is 0 Å². The second-order valence-corrected chi connectivity index (χ2v) is 6.22. The number of rotatable bonds is 3. The van der Waals surface area contributed by atoms with E-state index < -0.39 is 0 Å². The summed E-state index contributed by atoms with van der Waals surface area (Å²) in [6, 6.07) is 7.95. The van der Waals surface area contributed by atoms with Crippen molar-refractivity contribution in [1.29, 1.82) is 0 Å². The predicted molar refractivity (Wildman–Crippen MR) is 87.2 cm³/mol. The van der Waals surface area contributed by atoms with Gasteiger partial charge in [-0.15, -0.1) is 0 Å². The third-order valence-corrected chi connectivity index (χ3v) is 4.56. The second-order valence-electron chi connectivity index (χ2n) is 6.22. The van der Waals surface area contributed by atoms with Crippen LogP contribution in [0.3, 0.4) is 0 Å². The number of aromatic nitrogens is 1. The summed E-state index contributed by atoms with van der Waals surface area (Å²) in [6.45, 7) is 2.28. The topological polar surface area (TPSA) is 46.3 Å². The van der Waals surface area contributed by atoms with Crippen LogP contribution in [-0.2, 0) is 4.79 Å². The van der Waals surface area contributed by atoms with E-state index >= 15 is 0 Å². The molecule has 4 nitrogen and oxygen atoms in total. The molecule has 0 atom stereocenters. The summed E-state index contributed by atoms with van der Waals surface area (Å²) in [6.07, 6.45) is 7.82. The van der Waals surface area contributed by atoms with Gasteiger partial charge in [0, 0.05) is 25.2 Å². The third-order valence-electron chi connectivity index (χ3n) is 4.56. The highest BCUT2D eigenvalue weighted by Crippen LogP contribution is 2.26. The van der Waals surface area contributed by atoms with Crippen molar-refractivity contribution in [3.05, 3.63) is 36.2 Å². The van der Waals surface area contributed by atoms with E-state index in [1.165, 1.54) is 12.8 Å². The maximum Gasteiger partial charge on any atom is 0.246 e. The van der Waals surface area contributed by atoms with Crippen molar-refractivity contribution in [2.24, 2.45) is 5.92 Å². The number of nitrogens with zero attached hydrogens (tertiary/aromatic N) is 2. The zero-order valence-corrected chi connectivity index (χ0v) is 13.2. The molecule has 1 aromatic carbocycles. The number of carbonyl (C=O) groups excluding carboxylic acids is 1. The quantitative estimate of drug-likeness (QED) is 0.808. The highest BCUT2D eigenvalue weighted by Gasteiger charge is 2.23. The molecule has 2 aromatic rings. The molecule has 1 aromatic heterocycles. The first-order valence-electron chi connectivity index (χ1n) is 7.94. The number of para-hydroxylation sites is 2. The Morgan fingerprint density at radius 1 is 1.27 bits per heavy atom. The van der Waals surface area contributed by atoms with Crippen molar-refractivity contribution in [3.63, 3.8) is 0 Å². The molecule has 1 fully saturated rings. The predicted octanol–water partition coefficient (Wildman–Crippen LogP) is 3.88. The molecule has 0 N–H and O–H groups in total. The Bertz CT molecular complexity index is 648. The number of hydrogen-bond acceptors (Lipinski definition) is 3. The van der Waals surface area contributed by atoms with Crippen LogP contribution in [0.1, 0.15) is 38.5 Å². The molecule has 116 valence electrons. The number of likely N-dealkylation sites (N-methyl/N-ethyl adjacent to an activating group) is 1. The van der Waals surface area contributed by atoms with E-state index in [2.05, 4.69) is 11.9 Å². The summed E-state index contributed by atoms with van der Waals surface area (Å²) in [5, 5.41) is 0. The molecule has 0 spiro atoms. The van der Waals surface area contributed by atoms with Crippen LogP contribution in [0.2, 0.25) is 0 Å². The van der Waals surface area contributed by atoms with E-state index in [0.29, 0.717) is 11.9 Å². The van der Waals surface area contributed by atoms with Gasteiger partial charge < -0.3 is 9.32 Å². The van der Waals surface area contributed by atoms with Gasteiger partial charge in [-0.3, -0.25) is 4.79 Å². The first kappa shape index (κ1) is 14.8. The lowest BCUT2D eigenvalue weighted by Gasteiger charge is -2.33. The maximum absolute atomic E-state index is 12.3. The van der Waals surface area contributed by atoms with Crippen LogP contribution in [0.25, 0.3) is 17.2 Å². The zero-order chi connectivity index (χ0) is 15.5. The lowest BCUT2D eigenvalue weighted by Crippen LogP contribution is -2.38. The molecule has 0 aliphatic heterocycles. The monoisotopic (exact) mass is 298 g/mol. The Balaban J connectivity index is 1.65. The molecule has 0 bridgehead atoms. The molecule has 1 heterocycles. The average Bonchev–Trinajstić information content (AvgIpc) is 2.95. The van der Waals surface area contributed by atoms with Gasteiger partial charge in [0.2, 0.25) is 11.8 Å². The summed E-state index contributed by atoms with van der Waals surface area (Å²) in [5.41, 5.74) is 1.55. The van der Waals surface area contributed by atoms with Crippen LogP contribution < -0.4 is 0 Å². The zero-order valence-electron chi connectivity index (χ0n) is 13.2. The molecular weight excluding hydrogens is 276 g/mol. The van der Waals surface area contributed by atoms with E-state index in [4.69, 9.17) is 4.42 Å². The minimum atomic E-state index is 0.0156. The van der Waals surface area contributed by atoms with Crippen LogP contribution in [0.5, 0.6) is 0 Å². The molecule has 22 heavy (non-hydrogen) atoms. The van der Waals surface area contributed by atoms with E-state index in [-0.39, 0.29) is 5.91 Å². The first-order chi connectivity index (χ1) is 10.6. The Hall–Kier alpha value is -2.10. The Morgan fingerprint density at radius 2 is 2.00 bits per heavy atom. The van der Waals surface area contributed by atoms with Crippen molar-refractivity contribution in [2.45, 2.75) is 38.6 Å². The van der Waals surface area contributed by atoms with Crippen molar-refractivity contribution >= 4 is 23.1 Å². The number of oxazole rings is 1. The summed E-state index contributed by atoms with van der Waals surface area (Å²) >= 11 is 0. The normalized spacial score (nSPS) is 22.3. The number of fused-ring (bicyclic) bond motifs is 1. The Labute approximate surface area is 130 Å². The van der Waals surface area contributed by atoms with Crippen LogP contribution >= 0.6 is 0 Å². The Morgan fingerprint density at radius 3 is 2.73 bits per heavy atom. The molecular formula is C18H22N2O2. The maximum atomic E-state index is 12.3. The fourth-order valence-electron chi connectivity index (χ4n) is 3.03. The molecule has 1 saturated carbocycles. The number of carbonyl (C=O) groups is 1. The standard InChI is InChI=1S/C18H22N2O2/c1-13-7-9-14(10-8-13)20(2)18(21)12-11-17-19-15-5-3-4-6-16(15)22-17/h3-6,11-14H,7-10H2,1-2H3/b12-11+. The highest BCUT2D eigenvalue weighted by molar-refractivity contribution is 5.91. The molecule has 3 rings (SSSR count). The van der Waals surface area contributed by atoms with Crippen molar-refractivity contribution in [2.75, 3.05) is 7.05 Å². The Kier molecular flexibility index (Phi) is 4.27. The first-order valence-corrected chi connectivity index (χ1v) is 7.94. The summed E-state index contributed by atoms with van der Waals surface area (Å²) in [7, 11) is 1.89. The average molecular weight is 298 g/mol. The van der Waals surface area contributed by atoms with Gasteiger partial charge >= 0.3 is 0 Å². The fourth-order valence-corrected chi connectivity index (χ4v) is 3.03. The van der Waals surface area contributed by atoms with Crippen LogP contribution in [0.4, 0.5) is 0 Å². The lowest BCUT2D eigenvalue weighted by atomic mass is 9.87. The van der Waals surface area contributed by atoms with E-state index in [0.717, 1.165) is 29.9 Å². The van der Waals surface area contributed by atoms with Gasteiger partial charge in [0.15, 0.2) is 5.58 Å². The third kappa shape index (κ3) is 3.21. The fraction of sp³-hybridized carbons (Fsp3) is 0.444. The SMILES string of the molecule is CC1CCC(N(C)C(=O)/C=C/c2nc3ccccc3o2)CC1. The van der Waals surface area contributed by atoms with Gasteiger partial charge in [-0.25, -0.2) is 4.98 Å². The summed E-state index contributed by atoms with van der Waals surface area (Å²) in [5.74, 6) is 1.28. The molecule has 1 amide bonds. The summed E-state index contributed by atoms with van der Waals surface area (Å²) < 4.78 is 5.59. The van der Waals surface area contributed by atoms with Gasteiger partial charge in [0.25, 0.3) is 0 Å². The number of hydrogen-bond donors (Lipinski definition) is 0. The molecule has 1 aliphatic rings. The van der Waals surface area contributed by atoms with E-state index in [1.807, 2.05) is 36.2 Å². The molecule has 0 unspecified atom stereocenters. The lowest BCUT2D eigenvalue weighted by molar-refractivity contribution is -0.127. The minimum Gasteiger partial charge on any atom is -0.437 e. The molecule has 1 aliphatic carbocycles. The second kappa shape index (κ2) is 6.34. The highest BCUT2D eigenvalue weighted by atomic mass is 16.3.